The molecule has 0 atom stereocenters. The van der Waals surface area contributed by atoms with Gasteiger partial charge in [0.25, 0.3) is 5.69 Å². The van der Waals surface area contributed by atoms with Crippen LogP contribution in [0.15, 0.2) is 18.2 Å². The molecule has 0 N–H and O–H groups in total. The lowest BCUT2D eigenvalue weighted by atomic mass is 10.1. The van der Waals surface area contributed by atoms with Crippen LogP contribution in [0.1, 0.15) is 12.8 Å². The number of nitro groups is 1. The Kier molecular flexibility index (Phi) is 4.21. The van der Waals surface area contributed by atoms with Crippen LogP contribution >= 0.6 is 0 Å². The number of non-ortho nitro benzene ring substituents is 1. The number of ether oxygens (including phenoxy) is 2. The van der Waals surface area contributed by atoms with Crippen molar-refractivity contribution in [3.8, 4) is 11.5 Å². The van der Waals surface area contributed by atoms with Crippen LogP contribution in [0, 0.1) is 10.1 Å². The fraction of sp³-hybridized carbons (Fsp3) is 0.538. The Labute approximate surface area is 112 Å². The highest BCUT2D eigenvalue weighted by Crippen LogP contribution is 2.32. The van der Waals surface area contributed by atoms with Crippen molar-refractivity contribution in [2.24, 2.45) is 0 Å². The third-order valence-corrected chi connectivity index (χ3v) is 3.32. The minimum Gasteiger partial charge on any atom is -0.493 e. The molecule has 1 aliphatic heterocycles. The fourth-order valence-electron chi connectivity index (χ4n) is 2.15. The van der Waals surface area contributed by atoms with Crippen LogP contribution in [0.3, 0.4) is 0 Å². The molecule has 0 amide bonds. The first-order chi connectivity index (χ1) is 9.10. The van der Waals surface area contributed by atoms with Gasteiger partial charge in [-0.1, -0.05) is 0 Å². The third kappa shape index (κ3) is 3.35. The second kappa shape index (κ2) is 5.88. The molecular weight excluding hydrogens is 248 g/mol. The van der Waals surface area contributed by atoms with Crippen LogP contribution in [0.25, 0.3) is 0 Å². The predicted molar refractivity (Wildman–Crippen MR) is 70.8 cm³/mol. The second-order valence-electron chi connectivity index (χ2n) is 4.71. The van der Waals surface area contributed by atoms with E-state index >= 15 is 0 Å². The highest BCUT2D eigenvalue weighted by molar-refractivity contribution is 5.48. The van der Waals surface area contributed by atoms with Crippen LogP contribution in [0.5, 0.6) is 11.5 Å². The molecule has 1 fully saturated rings. The predicted octanol–water partition coefficient (Wildman–Crippen LogP) is 2.08. The van der Waals surface area contributed by atoms with Crippen LogP contribution in [0.4, 0.5) is 5.69 Å². The molecule has 0 radical (unpaired) electrons. The molecule has 0 unspecified atom stereocenters. The van der Waals surface area contributed by atoms with Crippen molar-refractivity contribution < 1.29 is 14.4 Å². The molecule has 1 aromatic carbocycles. The molecule has 2 rings (SSSR count). The van der Waals surface area contributed by atoms with Gasteiger partial charge in [-0.25, -0.2) is 0 Å². The van der Waals surface area contributed by atoms with Gasteiger partial charge < -0.3 is 14.4 Å². The summed E-state index contributed by atoms with van der Waals surface area (Å²) in [5.41, 5.74) is 0.00702. The topological polar surface area (TPSA) is 64.8 Å². The van der Waals surface area contributed by atoms with Crippen LogP contribution in [-0.4, -0.2) is 43.2 Å². The number of nitrogens with zero attached hydrogens (tertiary/aromatic N) is 2. The summed E-state index contributed by atoms with van der Waals surface area (Å²) < 4.78 is 11.0. The maximum absolute atomic E-state index is 10.7. The van der Waals surface area contributed by atoms with Gasteiger partial charge in [0.05, 0.1) is 18.1 Å². The van der Waals surface area contributed by atoms with Crippen molar-refractivity contribution in [2.45, 2.75) is 18.9 Å². The summed E-state index contributed by atoms with van der Waals surface area (Å²) in [5, 5.41) is 10.7. The Bertz CT molecular complexity index is 456. The molecule has 1 saturated heterocycles. The summed E-state index contributed by atoms with van der Waals surface area (Å²) in [5.74, 6) is 0.982. The summed E-state index contributed by atoms with van der Waals surface area (Å²) in [4.78, 5) is 12.5. The molecule has 1 heterocycles. The van der Waals surface area contributed by atoms with E-state index in [2.05, 4.69) is 11.9 Å². The van der Waals surface area contributed by atoms with Gasteiger partial charge in [-0.2, -0.15) is 0 Å². The number of hydrogen-bond donors (Lipinski definition) is 0. The van der Waals surface area contributed by atoms with E-state index in [0.29, 0.717) is 11.5 Å². The first-order valence-corrected chi connectivity index (χ1v) is 6.28. The minimum atomic E-state index is -0.443. The fourth-order valence-corrected chi connectivity index (χ4v) is 2.15. The zero-order valence-corrected chi connectivity index (χ0v) is 11.2. The first-order valence-electron chi connectivity index (χ1n) is 6.28. The molecule has 0 aliphatic carbocycles. The summed E-state index contributed by atoms with van der Waals surface area (Å²) in [6, 6.07) is 4.44. The Morgan fingerprint density at radius 3 is 2.58 bits per heavy atom. The van der Waals surface area contributed by atoms with Gasteiger partial charge in [-0.05, 0) is 26.0 Å². The Morgan fingerprint density at radius 1 is 1.32 bits per heavy atom. The first kappa shape index (κ1) is 13.6. The highest BCUT2D eigenvalue weighted by atomic mass is 16.6. The monoisotopic (exact) mass is 266 g/mol. The van der Waals surface area contributed by atoms with E-state index in [0.717, 1.165) is 25.9 Å². The molecule has 6 heteroatoms. The summed E-state index contributed by atoms with van der Waals surface area (Å²) in [6.07, 6.45) is 2.05. The van der Waals surface area contributed by atoms with Crippen molar-refractivity contribution in [1.29, 1.82) is 0 Å². The Morgan fingerprint density at radius 2 is 2.00 bits per heavy atom. The lowest BCUT2D eigenvalue weighted by Crippen LogP contribution is -2.35. The molecule has 6 nitrogen and oxygen atoms in total. The SMILES string of the molecule is COc1cc([N+](=O)[O-])ccc1OC1CCN(C)CC1. The van der Waals surface area contributed by atoms with E-state index < -0.39 is 4.92 Å². The maximum atomic E-state index is 10.7. The van der Waals surface area contributed by atoms with Crippen molar-refractivity contribution in [1.82, 2.24) is 4.90 Å². The van der Waals surface area contributed by atoms with Crippen molar-refractivity contribution >= 4 is 5.69 Å². The average Bonchev–Trinajstić information content (AvgIpc) is 2.41. The van der Waals surface area contributed by atoms with Gasteiger partial charge in [-0.3, -0.25) is 10.1 Å². The number of nitro benzene ring substituents is 1. The van der Waals surface area contributed by atoms with Gasteiger partial charge in [0.2, 0.25) is 0 Å². The molecule has 104 valence electrons. The Balaban J connectivity index is 2.09. The number of methoxy groups -OCH3 is 1. The van der Waals surface area contributed by atoms with E-state index in [1.54, 1.807) is 6.07 Å². The summed E-state index contributed by atoms with van der Waals surface area (Å²) in [7, 11) is 3.57. The number of likely N-dealkylation sites (tertiary alicyclic amines) is 1. The van der Waals surface area contributed by atoms with E-state index in [1.165, 1.54) is 19.2 Å². The second-order valence-corrected chi connectivity index (χ2v) is 4.71. The van der Waals surface area contributed by atoms with E-state index in [9.17, 15) is 10.1 Å². The van der Waals surface area contributed by atoms with Crippen LogP contribution in [-0.2, 0) is 0 Å². The average molecular weight is 266 g/mol. The van der Waals surface area contributed by atoms with Crippen molar-refractivity contribution in [2.75, 3.05) is 27.2 Å². The third-order valence-electron chi connectivity index (χ3n) is 3.32. The number of benzene rings is 1. The van der Waals surface area contributed by atoms with E-state index in [-0.39, 0.29) is 11.8 Å². The number of piperidine rings is 1. The normalized spacial score (nSPS) is 17.2. The quantitative estimate of drug-likeness (QED) is 0.616. The van der Waals surface area contributed by atoms with Gasteiger partial charge in [0.1, 0.15) is 6.10 Å². The van der Waals surface area contributed by atoms with Crippen LogP contribution in [0.2, 0.25) is 0 Å². The molecular formula is C13H18N2O4. The van der Waals surface area contributed by atoms with E-state index in [4.69, 9.17) is 9.47 Å². The lowest BCUT2D eigenvalue weighted by Gasteiger charge is -2.29. The minimum absolute atomic E-state index is 0.00702. The van der Waals surface area contributed by atoms with Gasteiger partial charge in [-0.15, -0.1) is 0 Å². The molecule has 19 heavy (non-hydrogen) atoms. The molecule has 0 bridgehead atoms. The number of hydrogen-bond acceptors (Lipinski definition) is 5. The van der Waals surface area contributed by atoms with Gasteiger partial charge in [0, 0.05) is 19.2 Å². The molecule has 0 aromatic heterocycles. The molecule has 1 aromatic rings. The standard InChI is InChI=1S/C13H18N2O4/c1-14-7-5-11(6-8-14)19-12-4-3-10(15(16)17)9-13(12)18-2/h3-4,9,11H,5-8H2,1-2H3. The number of rotatable bonds is 4. The van der Waals surface area contributed by atoms with Gasteiger partial charge >= 0.3 is 0 Å². The maximum Gasteiger partial charge on any atom is 0.273 e. The Hall–Kier alpha value is -1.82. The molecule has 0 spiro atoms. The molecule has 0 saturated carbocycles. The lowest BCUT2D eigenvalue weighted by molar-refractivity contribution is -0.385. The van der Waals surface area contributed by atoms with Crippen molar-refractivity contribution in [3.05, 3.63) is 28.3 Å². The smallest absolute Gasteiger partial charge is 0.273 e. The summed E-state index contributed by atoms with van der Waals surface area (Å²) >= 11 is 0. The van der Waals surface area contributed by atoms with Crippen LogP contribution < -0.4 is 9.47 Å². The highest BCUT2D eigenvalue weighted by Gasteiger charge is 2.20. The zero-order chi connectivity index (χ0) is 13.8. The molecule has 1 aliphatic rings. The summed E-state index contributed by atoms with van der Waals surface area (Å²) in [6.45, 7) is 2.00. The largest absolute Gasteiger partial charge is 0.493 e. The van der Waals surface area contributed by atoms with E-state index in [1.807, 2.05) is 0 Å². The van der Waals surface area contributed by atoms with Crippen molar-refractivity contribution in [3.63, 3.8) is 0 Å². The zero-order valence-electron chi connectivity index (χ0n) is 11.2. The van der Waals surface area contributed by atoms with Gasteiger partial charge in [0.15, 0.2) is 11.5 Å².